The molecule has 0 spiro atoms. The van der Waals surface area contributed by atoms with E-state index in [2.05, 4.69) is 17.6 Å². The van der Waals surface area contributed by atoms with Crippen LogP contribution < -0.4 is 10.6 Å². The number of rotatable bonds is 0. The first-order chi connectivity index (χ1) is 7.09. The number of hydrogen-bond donors (Lipinski definition) is 2. The van der Waals surface area contributed by atoms with Gasteiger partial charge in [0.25, 0.3) is 0 Å². The average Bonchev–Trinajstić information content (AvgIpc) is 2.35. The van der Waals surface area contributed by atoms with Crippen molar-refractivity contribution in [2.45, 2.75) is 19.9 Å². The highest BCUT2D eigenvalue weighted by molar-refractivity contribution is 5.70. The number of hydrogen-bond acceptors (Lipinski definition) is 2. The van der Waals surface area contributed by atoms with Crippen molar-refractivity contribution in [2.75, 3.05) is 17.2 Å². The summed E-state index contributed by atoms with van der Waals surface area (Å²) in [5, 5.41) is 6.11. The van der Waals surface area contributed by atoms with E-state index in [4.69, 9.17) is 0 Å². The summed E-state index contributed by atoms with van der Waals surface area (Å²) >= 11 is 0. The van der Waals surface area contributed by atoms with Crippen molar-refractivity contribution in [3.05, 3.63) is 23.8 Å². The Balaban J connectivity index is 2.44. The van der Waals surface area contributed by atoms with Crippen molar-refractivity contribution in [1.82, 2.24) is 0 Å². The van der Waals surface area contributed by atoms with E-state index in [9.17, 15) is 8.78 Å². The van der Waals surface area contributed by atoms with E-state index in [1.165, 1.54) is 0 Å². The molecule has 0 radical (unpaired) electrons. The maximum Gasteiger partial charge on any atom is 0.183 e. The van der Waals surface area contributed by atoms with Gasteiger partial charge < -0.3 is 10.6 Å². The summed E-state index contributed by atoms with van der Waals surface area (Å²) in [6.45, 7) is 4.78. The van der Waals surface area contributed by atoms with E-state index in [1.807, 2.05) is 6.92 Å². The third-order valence-corrected chi connectivity index (χ3v) is 2.93. The van der Waals surface area contributed by atoms with Gasteiger partial charge >= 0.3 is 0 Å². The molecule has 1 aliphatic heterocycles. The van der Waals surface area contributed by atoms with Crippen molar-refractivity contribution in [3.63, 3.8) is 0 Å². The van der Waals surface area contributed by atoms with Crippen molar-refractivity contribution >= 4 is 11.4 Å². The lowest BCUT2D eigenvalue weighted by molar-refractivity contribution is 0.505. The van der Waals surface area contributed by atoms with Gasteiger partial charge in [0.2, 0.25) is 0 Å². The molecule has 2 atom stereocenters. The van der Waals surface area contributed by atoms with Crippen LogP contribution in [-0.2, 0) is 0 Å². The van der Waals surface area contributed by atoms with Crippen LogP contribution in [0.25, 0.3) is 0 Å². The van der Waals surface area contributed by atoms with Gasteiger partial charge in [0.15, 0.2) is 11.6 Å². The summed E-state index contributed by atoms with van der Waals surface area (Å²) in [6, 6.07) is 2.82. The van der Waals surface area contributed by atoms with Crippen LogP contribution in [0.15, 0.2) is 12.1 Å². The Labute approximate surface area is 87.7 Å². The number of benzene rings is 1. The maximum absolute atomic E-state index is 13.5. The summed E-state index contributed by atoms with van der Waals surface area (Å²) < 4.78 is 26.5. The Morgan fingerprint density at radius 1 is 1.27 bits per heavy atom. The van der Waals surface area contributed by atoms with Gasteiger partial charge in [-0.3, -0.25) is 0 Å². The van der Waals surface area contributed by atoms with Crippen LogP contribution in [0.1, 0.15) is 13.8 Å². The van der Waals surface area contributed by atoms with E-state index < -0.39 is 11.6 Å². The van der Waals surface area contributed by atoms with Crippen LogP contribution in [-0.4, -0.2) is 12.6 Å². The molecule has 2 unspecified atom stereocenters. The Morgan fingerprint density at radius 2 is 2.00 bits per heavy atom. The molecule has 0 amide bonds. The molecule has 1 aromatic carbocycles. The Hall–Kier alpha value is -1.32. The fraction of sp³-hybridized carbons (Fsp3) is 0.455. The van der Waals surface area contributed by atoms with E-state index in [0.29, 0.717) is 11.6 Å². The Bertz CT molecular complexity index is 379. The zero-order valence-electron chi connectivity index (χ0n) is 8.77. The molecule has 0 aliphatic carbocycles. The quantitative estimate of drug-likeness (QED) is 0.691. The molecule has 0 saturated heterocycles. The van der Waals surface area contributed by atoms with E-state index in [1.54, 1.807) is 6.07 Å². The minimum Gasteiger partial charge on any atom is -0.383 e. The van der Waals surface area contributed by atoms with Crippen LogP contribution in [0.3, 0.4) is 0 Å². The molecule has 4 heteroatoms. The SMILES string of the molecule is CC1CNc2ccc(F)c(F)c2NC1C. The van der Waals surface area contributed by atoms with Gasteiger partial charge in [0, 0.05) is 12.6 Å². The lowest BCUT2D eigenvalue weighted by atomic mass is 10.0. The number of anilines is 2. The standard InChI is InChI=1S/C11H14F2N2/c1-6-5-14-9-4-3-8(12)10(13)11(9)15-7(6)2/h3-4,6-7,14-15H,5H2,1-2H3. The fourth-order valence-electron chi connectivity index (χ4n) is 1.66. The van der Waals surface area contributed by atoms with Crippen LogP contribution in [0, 0.1) is 17.6 Å². The highest BCUT2D eigenvalue weighted by atomic mass is 19.2. The maximum atomic E-state index is 13.5. The topological polar surface area (TPSA) is 24.1 Å². The molecule has 0 aromatic heterocycles. The molecule has 1 aromatic rings. The lowest BCUT2D eigenvalue weighted by Crippen LogP contribution is -2.26. The van der Waals surface area contributed by atoms with Gasteiger partial charge in [-0.25, -0.2) is 8.78 Å². The van der Waals surface area contributed by atoms with Gasteiger partial charge in [-0.15, -0.1) is 0 Å². The molecule has 0 saturated carbocycles. The second-order valence-electron chi connectivity index (χ2n) is 4.08. The summed E-state index contributed by atoms with van der Waals surface area (Å²) in [6.07, 6.45) is 0. The molecule has 1 heterocycles. The minimum absolute atomic E-state index is 0.120. The zero-order chi connectivity index (χ0) is 11.0. The van der Waals surface area contributed by atoms with Crippen molar-refractivity contribution in [3.8, 4) is 0 Å². The van der Waals surface area contributed by atoms with Gasteiger partial charge in [0.1, 0.15) is 0 Å². The summed E-state index contributed by atoms with van der Waals surface area (Å²) in [4.78, 5) is 0. The molecular weight excluding hydrogens is 198 g/mol. The van der Waals surface area contributed by atoms with E-state index in [0.717, 1.165) is 12.6 Å². The Morgan fingerprint density at radius 3 is 2.73 bits per heavy atom. The third kappa shape index (κ3) is 1.76. The lowest BCUT2D eigenvalue weighted by Gasteiger charge is -2.18. The molecule has 2 rings (SSSR count). The molecule has 2 nitrogen and oxygen atoms in total. The highest BCUT2D eigenvalue weighted by Crippen LogP contribution is 2.31. The summed E-state index contributed by atoms with van der Waals surface area (Å²) in [5.74, 6) is -1.26. The van der Waals surface area contributed by atoms with Crippen LogP contribution in [0.5, 0.6) is 0 Å². The summed E-state index contributed by atoms with van der Waals surface area (Å²) in [7, 11) is 0. The zero-order valence-corrected chi connectivity index (χ0v) is 8.77. The number of fused-ring (bicyclic) bond motifs is 1. The molecule has 0 bridgehead atoms. The van der Waals surface area contributed by atoms with E-state index >= 15 is 0 Å². The average molecular weight is 212 g/mol. The van der Waals surface area contributed by atoms with Crippen LogP contribution in [0.2, 0.25) is 0 Å². The van der Waals surface area contributed by atoms with Crippen molar-refractivity contribution in [2.24, 2.45) is 5.92 Å². The minimum atomic E-state index is -0.815. The highest BCUT2D eigenvalue weighted by Gasteiger charge is 2.22. The molecule has 15 heavy (non-hydrogen) atoms. The molecule has 82 valence electrons. The predicted octanol–water partition coefficient (Wildman–Crippen LogP) is 2.83. The monoisotopic (exact) mass is 212 g/mol. The fourth-order valence-corrected chi connectivity index (χ4v) is 1.66. The second kappa shape index (κ2) is 3.68. The number of nitrogens with one attached hydrogen (secondary N) is 2. The van der Waals surface area contributed by atoms with Crippen molar-refractivity contribution < 1.29 is 8.78 Å². The molecule has 1 aliphatic rings. The predicted molar refractivity (Wildman–Crippen MR) is 57.1 cm³/mol. The number of halogens is 2. The molecular formula is C11H14F2N2. The summed E-state index contributed by atoms with van der Waals surface area (Å²) in [5.41, 5.74) is 0.872. The second-order valence-corrected chi connectivity index (χ2v) is 4.08. The smallest absolute Gasteiger partial charge is 0.183 e. The van der Waals surface area contributed by atoms with Crippen LogP contribution in [0.4, 0.5) is 20.2 Å². The van der Waals surface area contributed by atoms with Crippen LogP contribution >= 0.6 is 0 Å². The molecule has 2 N–H and O–H groups in total. The first-order valence-electron chi connectivity index (χ1n) is 5.08. The molecule has 0 fully saturated rings. The first-order valence-corrected chi connectivity index (χ1v) is 5.08. The largest absolute Gasteiger partial charge is 0.383 e. The van der Waals surface area contributed by atoms with E-state index in [-0.39, 0.29) is 11.7 Å². The van der Waals surface area contributed by atoms with Gasteiger partial charge in [-0.2, -0.15) is 0 Å². The van der Waals surface area contributed by atoms with Crippen molar-refractivity contribution in [1.29, 1.82) is 0 Å². The Kier molecular flexibility index (Phi) is 2.50. The van der Waals surface area contributed by atoms with Gasteiger partial charge in [-0.05, 0) is 25.0 Å². The first kappa shape index (κ1) is 10.2. The third-order valence-electron chi connectivity index (χ3n) is 2.93. The normalized spacial score (nSPS) is 24.8. The van der Waals surface area contributed by atoms with Gasteiger partial charge in [-0.1, -0.05) is 6.92 Å². The van der Waals surface area contributed by atoms with Gasteiger partial charge in [0.05, 0.1) is 11.4 Å².